The molecule has 1 atom stereocenters. The van der Waals surface area contributed by atoms with E-state index < -0.39 is 0 Å². The van der Waals surface area contributed by atoms with E-state index in [1.165, 1.54) is 4.88 Å². The van der Waals surface area contributed by atoms with Crippen molar-refractivity contribution in [1.29, 1.82) is 0 Å². The first kappa shape index (κ1) is 14.9. The fourth-order valence-corrected chi connectivity index (χ4v) is 3.41. The van der Waals surface area contributed by atoms with E-state index in [2.05, 4.69) is 22.8 Å². The van der Waals surface area contributed by atoms with Crippen LogP contribution in [-0.2, 0) is 11.3 Å². The summed E-state index contributed by atoms with van der Waals surface area (Å²) >= 11 is 1.72. The zero-order valence-corrected chi connectivity index (χ0v) is 13.4. The van der Waals surface area contributed by atoms with Gasteiger partial charge < -0.3 is 10.1 Å². The molecule has 1 aliphatic rings. The fraction of sp³-hybridized carbons (Fsp3) is 0.278. The second-order valence-corrected chi connectivity index (χ2v) is 6.48. The number of carbonyl (C=O) groups excluding carboxylic acids is 1. The first-order chi connectivity index (χ1) is 10.7. The van der Waals surface area contributed by atoms with Gasteiger partial charge in [-0.05, 0) is 41.5 Å². The number of allylic oxidation sites excluding steroid dienone is 2. The molecule has 22 heavy (non-hydrogen) atoms. The first-order valence-corrected chi connectivity index (χ1v) is 8.26. The summed E-state index contributed by atoms with van der Waals surface area (Å²) in [5.74, 6) is 1.25. The van der Waals surface area contributed by atoms with Crippen LogP contribution in [0.3, 0.4) is 0 Å². The summed E-state index contributed by atoms with van der Waals surface area (Å²) in [4.78, 5) is 13.3. The zero-order chi connectivity index (χ0) is 15.4. The molecule has 2 aromatic rings. The van der Waals surface area contributed by atoms with Crippen molar-refractivity contribution in [2.24, 2.45) is 0 Å². The van der Waals surface area contributed by atoms with Gasteiger partial charge in [-0.1, -0.05) is 18.2 Å². The Bertz CT molecular complexity index is 676. The van der Waals surface area contributed by atoms with Gasteiger partial charge in [0.25, 0.3) is 0 Å². The number of nitrogens with one attached hydrogen (secondary N) is 1. The number of hydrogen-bond acceptors (Lipinski definition) is 4. The highest BCUT2D eigenvalue weighted by Gasteiger charge is 2.22. The average molecular weight is 313 g/mol. The summed E-state index contributed by atoms with van der Waals surface area (Å²) in [7, 11) is 1.67. The lowest BCUT2D eigenvalue weighted by Gasteiger charge is -2.23. The molecule has 1 heterocycles. The molecule has 0 fully saturated rings. The highest BCUT2D eigenvalue weighted by Crippen LogP contribution is 2.32. The Morgan fingerprint density at radius 1 is 1.27 bits per heavy atom. The Morgan fingerprint density at radius 2 is 2.18 bits per heavy atom. The molecule has 0 radical (unpaired) electrons. The molecule has 4 heteroatoms. The molecule has 0 bridgehead atoms. The van der Waals surface area contributed by atoms with Gasteiger partial charge in [-0.15, -0.1) is 11.3 Å². The minimum absolute atomic E-state index is 0.188. The maximum atomic E-state index is 12.0. The molecule has 114 valence electrons. The van der Waals surface area contributed by atoms with Crippen LogP contribution in [0.25, 0.3) is 0 Å². The second-order valence-electron chi connectivity index (χ2n) is 5.45. The van der Waals surface area contributed by atoms with E-state index in [9.17, 15) is 4.79 Å². The third kappa shape index (κ3) is 3.57. The van der Waals surface area contributed by atoms with Crippen LogP contribution in [0.1, 0.15) is 29.2 Å². The highest BCUT2D eigenvalue weighted by atomic mass is 32.1. The molecule has 1 aromatic carbocycles. The van der Waals surface area contributed by atoms with Crippen molar-refractivity contribution >= 4 is 17.1 Å². The Hall–Kier alpha value is -2.07. The standard InChI is InChI=1S/C18H19NO2S/c1-21-17-5-2-4-13(10-17)14-8-15(11-16(20)9-14)19-12-18-6-3-7-22-18/h2-7,10-11,14,19H,8-9,12H2,1H3. The van der Waals surface area contributed by atoms with Crippen LogP contribution in [0.2, 0.25) is 0 Å². The van der Waals surface area contributed by atoms with Gasteiger partial charge in [0, 0.05) is 29.6 Å². The van der Waals surface area contributed by atoms with Crippen LogP contribution in [0, 0.1) is 0 Å². The normalized spacial score (nSPS) is 18.0. The molecule has 0 saturated carbocycles. The Labute approximate surface area is 134 Å². The van der Waals surface area contributed by atoms with Crippen molar-refractivity contribution in [2.45, 2.75) is 25.3 Å². The summed E-state index contributed by atoms with van der Waals surface area (Å²) in [6, 6.07) is 12.2. The predicted molar refractivity (Wildman–Crippen MR) is 89.2 cm³/mol. The van der Waals surface area contributed by atoms with Gasteiger partial charge in [0.1, 0.15) is 5.75 Å². The molecule has 0 saturated heterocycles. The molecule has 0 aliphatic heterocycles. The van der Waals surface area contributed by atoms with Crippen molar-refractivity contribution in [3.05, 3.63) is 64.0 Å². The van der Waals surface area contributed by atoms with E-state index in [1.54, 1.807) is 24.5 Å². The largest absolute Gasteiger partial charge is 0.497 e. The summed E-state index contributed by atoms with van der Waals surface area (Å²) in [6.07, 6.45) is 3.19. The number of carbonyl (C=O) groups is 1. The van der Waals surface area contributed by atoms with E-state index in [4.69, 9.17) is 4.74 Å². The number of methoxy groups -OCH3 is 1. The maximum Gasteiger partial charge on any atom is 0.158 e. The SMILES string of the molecule is COc1cccc(C2CC(=O)C=C(NCc3cccs3)C2)c1. The van der Waals surface area contributed by atoms with Gasteiger partial charge in [0.15, 0.2) is 5.78 Å². The molecule has 3 rings (SSSR count). The molecule has 0 spiro atoms. The number of ether oxygens (including phenoxy) is 1. The van der Waals surface area contributed by atoms with Gasteiger partial charge in [-0.2, -0.15) is 0 Å². The summed E-state index contributed by atoms with van der Waals surface area (Å²) in [6.45, 7) is 0.779. The smallest absolute Gasteiger partial charge is 0.158 e. The lowest BCUT2D eigenvalue weighted by Crippen LogP contribution is -2.21. The topological polar surface area (TPSA) is 38.3 Å². The van der Waals surface area contributed by atoms with E-state index in [-0.39, 0.29) is 11.7 Å². The van der Waals surface area contributed by atoms with Crippen molar-refractivity contribution in [1.82, 2.24) is 5.32 Å². The quantitative estimate of drug-likeness (QED) is 0.910. The van der Waals surface area contributed by atoms with Crippen molar-refractivity contribution in [3.63, 3.8) is 0 Å². The van der Waals surface area contributed by atoms with Gasteiger partial charge in [-0.3, -0.25) is 4.79 Å². The molecule has 3 nitrogen and oxygen atoms in total. The van der Waals surface area contributed by atoms with Crippen LogP contribution in [0.4, 0.5) is 0 Å². The monoisotopic (exact) mass is 313 g/mol. The lowest BCUT2D eigenvalue weighted by atomic mass is 9.85. The van der Waals surface area contributed by atoms with Crippen LogP contribution in [0.5, 0.6) is 5.75 Å². The highest BCUT2D eigenvalue weighted by molar-refractivity contribution is 7.09. The van der Waals surface area contributed by atoms with E-state index in [1.807, 2.05) is 24.3 Å². The van der Waals surface area contributed by atoms with Crippen LogP contribution < -0.4 is 10.1 Å². The number of rotatable bonds is 5. The molecule has 0 amide bonds. The summed E-state index contributed by atoms with van der Waals surface area (Å²) in [5, 5.41) is 5.47. The molecular weight excluding hydrogens is 294 g/mol. The molecule has 1 aliphatic carbocycles. The zero-order valence-electron chi connectivity index (χ0n) is 12.5. The Balaban J connectivity index is 1.70. The number of ketones is 1. The second kappa shape index (κ2) is 6.79. The third-order valence-corrected chi connectivity index (χ3v) is 4.76. The Kier molecular flexibility index (Phi) is 4.59. The predicted octanol–water partition coefficient (Wildman–Crippen LogP) is 3.88. The van der Waals surface area contributed by atoms with Crippen LogP contribution in [-0.4, -0.2) is 12.9 Å². The minimum Gasteiger partial charge on any atom is -0.497 e. The molecule has 1 unspecified atom stereocenters. The summed E-state index contributed by atoms with van der Waals surface area (Å²) in [5.41, 5.74) is 2.19. The number of thiophene rings is 1. The minimum atomic E-state index is 0.188. The van der Waals surface area contributed by atoms with E-state index in [0.717, 1.165) is 30.0 Å². The first-order valence-electron chi connectivity index (χ1n) is 7.38. The number of hydrogen-bond donors (Lipinski definition) is 1. The average Bonchev–Trinajstić information content (AvgIpc) is 3.06. The summed E-state index contributed by atoms with van der Waals surface area (Å²) < 4.78 is 5.28. The molecule has 1 N–H and O–H groups in total. The van der Waals surface area contributed by atoms with Gasteiger partial charge in [0.05, 0.1) is 7.11 Å². The van der Waals surface area contributed by atoms with Gasteiger partial charge in [-0.25, -0.2) is 0 Å². The van der Waals surface area contributed by atoms with Crippen LogP contribution >= 0.6 is 11.3 Å². The molecular formula is C18H19NO2S. The third-order valence-electron chi connectivity index (χ3n) is 3.88. The number of benzene rings is 1. The fourth-order valence-electron chi connectivity index (χ4n) is 2.76. The van der Waals surface area contributed by atoms with E-state index >= 15 is 0 Å². The van der Waals surface area contributed by atoms with Crippen LogP contribution in [0.15, 0.2) is 53.6 Å². The lowest BCUT2D eigenvalue weighted by molar-refractivity contribution is -0.115. The van der Waals surface area contributed by atoms with Crippen molar-refractivity contribution in [3.8, 4) is 5.75 Å². The molecule has 1 aromatic heterocycles. The Morgan fingerprint density at radius 3 is 2.95 bits per heavy atom. The maximum absolute atomic E-state index is 12.0. The van der Waals surface area contributed by atoms with Gasteiger partial charge >= 0.3 is 0 Å². The van der Waals surface area contributed by atoms with Crippen molar-refractivity contribution in [2.75, 3.05) is 7.11 Å². The van der Waals surface area contributed by atoms with Gasteiger partial charge in [0.2, 0.25) is 0 Å². The van der Waals surface area contributed by atoms with E-state index in [0.29, 0.717) is 6.42 Å². The van der Waals surface area contributed by atoms with Crippen molar-refractivity contribution < 1.29 is 9.53 Å².